The van der Waals surface area contributed by atoms with Crippen LogP contribution >= 0.6 is 0 Å². The van der Waals surface area contributed by atoms with Gasteiger partial charge in [0.15, 0.2) is 0 Å². The summed E-state index contributed by atoms with van der Waals surface area (Å²) in [5.74, 6) is 5.82. The number of Topliss-reactive ketones (excluding diaryl/α,β-unsaturated/α-hetero) is 1. The van der Waals surface area contributed by atoms with Crippen molar-refractivity contribution in [2.24, 2.45) is 35.5 Å². The molecule has 0 aromatic heterocycles. The summed E-state index contributed by atoms with van der Waals surface area (Å²) in [4.78, 5) is 11.7. The molecule has 0 bridgehead atoms. The third kappa shape index (κ3) is 1.47. The second-order valence-corrected chi connectivity index (χ2v) is 6.84. The molecule has 6 atom stereocenters. The molecule has 4 aliphatic carbocycles. The summed E-state index contributed by atoms with van der Waals surface area (Å²) < 4.78 is 0. The van der Waals surface area contributed by atoms with Gasteiger partial charge in [-0.2, -0.15) is 0 Å². The van der Waals surface area contributed by atoms with E-state index in [1.165, 1.54) is 32.1 Å². The minimum atomic E-state index is 0.562. The van der Waals surface area contributed by atoms with E-state index in [2.05, 4.69) is 12.2 Å². The molecule has 0 spiro atoms. The van der Waals surface area contributed by atoms with Gasteiger partial charge < -0.3 is 0 Å². The Morgan fingerprint density at radius 2 is 1.71 bits per heavy atom. The number of allylic oxidation sites excluding steroid dienone is 2. The average Bonchev–Trinajstić information content (AvgIpc) is 2.92. The van der Waals surface area contributed by atoms with Crippen molar-refractivity contribution in [1.29, 1.82) is 0 Å². The van der Waals surface area contributed by atoms with E-state index in [0.717, 1.165) is 48.3 Å². The summed E-state index contributed by atoms with van der Waals surface area (Å²) in [6.45, 7) is 0. The second kappa shape index (κ2) is 3.70. The fourth-order valence-corrected chi connectivity index (χ4v) is 5.59. The summed E-state index contributed by atoms with van der Waals surface area (Å²) in [6, 6.07) is 0. The van der Waals surface area contributed by atoms with Crippen molar-refractivity contribution in [3.8, 4) is 0 Å². The van der Waals surface area contributed by atoms with Crippen molar-refractivity contribution < 1.29 is 4.79 Å². The molecule has 0 radical (unpaired) electrons. The lowest BCUT2D eigenvalue weighted by Gasteiger charge is -2.48. The molecule has 0 aromatic rings. The van der Waals surface area contributed by atoms with Crippen LogP contribution in [0.5, 0.6) is 0 Å². The predicted molar refractivity (Wildman–Crippen MR) is 67.4 cm³/mol. The molecular weight excluding hydrogens is 208 g/mol. The van der Waals surface area contributed by atoms with Gasteiger partial charge in [0.1, 0.15) is 5.78 Å². The highest BCUT2D eigenvalue weighted by Gasteiger charge is 2.49. The second-order valence-electron chi connectivity index (χ2n) is 6.84. The first-order valence-electron chi connectivity index (χ1n) is 7.51. The van der Waals surface area contributed by atoms with Crippen LogP contribution in [-0.4, -0.2) is 5.78 Å². The van der Waals surface area contributed by atoms with Crippen LogP contribution in [0.2, 0.25) is 0 Å². The van der Waals surface area contributed by atoms with Crippen molar-refractivity contribution in [1.82, 2.24) is 0 Å². The molecule has 17 heavy (non-hydrogen) atoms. The molecule has 92 valence electrons. The van der Waals surface area contributed by atoms with Gasteiger partial charge in [0, 0.05) is 12.8 Å². The Kier molecular flexibility index (Phi) is 2.25. The van der Waals surface area contributed by atoms with E-state index >= 15 is 0 Å². The van der Waals surface area contributed by atoms with E-state index in [1.807, 2.05) is 0 Å². The minimum Gasteiger partial charge on any atom is -0.300 e. The van der Waals surface area contributed by atoms with Gasteiger partial charge in [0.05, 0.1) is 0 Å². The molecule has 6 unspecified atom stereocenters. The van der Waals surface area contributed by atoms with E-state index in [4.69, 9.17) is 0 Å². The summed E-state index contributed by atoms with van der Waals surface area (Å²) in [5.41, 5.74) is 0. The van der Waals surface area contributed by atoms with Crippen LogP contribution in [-0.2, 0) is 4.79 Å². The molecule has 0 heterocycles. The predicted octanol–water partition coefficient (Wildman–Crippen LogP) is 3.59. The molecule has 0 amide bonds. The van der Waals surface area contributed by atoms with E-state index in [-0.39, 0.29) is 0 Å². The highest BCUT2D eigenvalue weighted by molar-refractivity contribution is 5.81. The Morgan fingerprint density at radius 3 is 2.65 bits per heavy atom. The third-order valence-electron chi connectivity index (χ3n) is 6.25. The summed E-state index contributed by atoms with van der Waals surface area (Å²) in [5, 5.41) is 0. The molecule has 3 saturated carbocycles. The maximum atomic E-state index is 11.7. The van der Waals surface area contributed by atoms with Gasteiger partial charge in [-0.05, 0) is 67.6 Å². The minimum absolute atomic E-state index is 0.562. The smallest absolute Gasteiger partial charge is 0.133 e. The lowest BCUT2D eigenvalue weighted by Crippen LogP contribution is -2.40. The summed E-state index contributed by atoms with van der Waals surface area (Å²) in [7, 11) is 0. The number of carbonyl (C=O) groups is 1. The number of hydrogen-bond acceptors (Lipinski definition) is 1. The molecule has 0 aromatic carbocycles. The maximum absolute atomic E-state index is 11.7. The third-order valence-corrected chi connectivity index (χ3v) is 6.25. The zero-order valence-corrected chi connectivity index (χ0v) is 10.5. The van der Waals surface area contributed by atoms with Crippen LogP contribution in [0.3, 0.4) is 0 Å². The SMILES string of the molecule is O=C1CC2CCC3C4CC=CC4CCC3C2C1. The van der Waals surface area contributed by atoms with Crippen LogP contribution in [0.1, 0.15) is 44.9 Å². The van der Waals surface area contributed by atoms with Gasteiger partial charge >= 0.3 is 0 Å². The molecule has 4 aliphatic rings. The number of ketones is 1. The number of carbonyl (C=O) groups excluding carboxylic acids is 1. The molecule has 0 saturated heterocycles. The monoisotopic (exact) mass is 230 g/mol. The van der Waals surface area contributed by atoms with Crippen molar-refractivity contribution >= 4 is 5.78 Å². The van der Waals surface area contributed by atoms with Gasteiger partial charge in [0.2, 0.25) is 0 Å². The fourth-order valence-electron chi connectivity index (χ4n) is 5.59. The lowest BCUT2D eigenvalue weighted by molar-refractivity contribution is -0.117. The fraction of sp³-hybridized carbons (Fsp3) is 0.812. The van der Waals surface area contributed by atoms with E-state index in [9.17, 15) is 4.79 Å². The first-order valence-corrected chi connectivity index (χ1v) is 7.51. The van der Waals surface area contributed by atoms with Crippen LogP contribution < -0.4 is 0 Å². The first kappa shape index (κ1) is 10.3. The molecule has 0 aliphatic heterocycles. The van der Waals surface area contributed by atoms with Crippen LogP contribution in [0.25, 0.3) is 0 Å². The van der Waals surface area contributed by atoms with Gasteiger partial charge in [-0.1, -0.05) is 12.2 Å². The van der Waals surface area contributed by atoms with E-state index < -0.39 is 0 Å². The molecule has 0 N–H and O–H groups in total. The van der Waals surface area contributed by atoms with E-state index in [0.29, 0.717) is 5.78 Å². The number of hydrogen-bond donors (Lipinski definition) is 0. The normalized spacial score (nSPS) is 52.1. The Morgan fingerprint density at radius 1 is 0.882 bits per heavy atom. The molecule has 1 nitrogen and oxygen atoms in total. The molecular formula is C16H22O. The Bertz CT molecular complexity index is 370. The molecule has 4 rings (SSSR count). The topological polar surface area (TPSA) is 17.1 Å². The molecule has 1 heteroatoms. The van der Waals surface area contributed by atoms with Gasteiger partial charge in [-0.3, -0.25) is 4.79 Å². The highest BCUT2D eigenvalue weighted by atomic mass is 16.1. The highest BCUT2D eigenvalue weighted by Crippen LogP contribution is 2.56. The van der Waals surface area contributed by atoms with E-state index in [1.54, 1.807) is 0 Å². The van der Waals surface area contributed by atoms with Crippen molar-refractivity contribution in [2.75, 3.05) is 0 Å². The zero-order chi connectivity index (χ0) is 11.4. The van der Waals surface area contributed by atoms with Crippen molar-refractivity contribution in [2.45, 2.75) is 44.9 Å². The van der Waals surface area contributed by atoms with Crippen molar-refractivity contribution in [3.63, 3.8) is 0 Å². The lowest BCUT2D eigenvalue weighted by atomic mass is 9.57. The Labute approximate surface area is 104 Å². The van der Waals surface area contributed by atoms with Gasteiger partial charge in [0.25, 0.3) is 0 Å². The summed E-state index contributed by atoms with van der Waals surface area (Å²) in [6.07, 6.45) is 13.7. The Hall–Kier alpha value is -0.590. The van der Waals surface area contributed by atoms with Gasteiger partial charge in [-0.15, -0.1) is 0 Å². The largest absolute Gasteiger partial charge is 0.300 e. The standard InChI is InChI=1S/C16H22O/c17-12-8-11-5-7-14-13-3-1-2-10(13)4-6-15(14)16(11)9-12/h1-2,10-11,13-16H,3-9H2. The molecule has 3 fully saturated rings. The Balaban J connectivity index is 1.59. The quantitative estimate of drug-likeness (QED) is 0.581. The number of fused-ring (bicyclic) bond motifs is 5. The first-order chi connectivity index (χ1) is 8.33. The van der Waals surface area contributed by atoms with Crippen LogP contribution in [0.15, 0.2) is 12.2 Å². The average molecular weight is 230 g/mol. The number of rotatable bonds is 0. The van der Waals surface area contributed by atoms with Crippen molar-refractivity contribution in [3.05, 3.63) is 12.2 Å². The maximum Gasteiger partial charge on any atom is 0.133 e. The van der Waals surface area contributed by atoms with Gasteiger partial charge in [-0.25, -0.2) is 0 Å². The summed E-state index contributed by atoms with van der Waals surface area (Å²) >= 11 is 0. The van der Waals surface area contributed by atoms with Crippen LogP contribution in [0, 0.1) is 35.5 Å². The van der Waals surface area contributed by atoms with Crippen LogP contribution in [0.4, 0.5) is 0 Å². The zero-order valence-electron chi connectivity index (χ0n) is 10.5.